The van der Waals surface area contributed by atoms with Crippen molar-refractivity contribution in [1.29, 1.82) is 0 Å². The van der Waals surface area contributed by atoms with Crippen LogP contribution in [0.5, 0.6) is 0 Å². The fourth-order valence-electron chi connectivity index (χ4n) is 3.23. The fourth-order valence-corrected chi connectivity index (χ4v) is 3.23. The average Bonchev–Trinajstić information content (AvgIpc) is 2.45. The summed E-state index contributed by atoms with van der Waals surface area (Å²) in [7, 11) is 0. The molecule has 1 atom stereocenters. The van der Waals surface area contributed by atoms with Crippen LogP contribution >= 0.6 is 0 Å². The number of amides is 2. The summed E-state index contributed by atoms with van der Waals surface area (Å²) in [5.74, 6) is -2.22. The quantitative estimate of drug-likeness (QED) is 0.776. The van der Waals surface area contributed by atoms with Gasteiger partial charge in [-0.25, -0.2) is 4.79 Å². The summed E-state index contributed by atoms with van der Waals surface area (Å²) in [4.78, 5) is 38.4. The Morgan fingerprint density at radius 1 is 1.20 bits per heavy atom. The van der Waals surface area contributed by atoms with Gasteiger partial charge in [0.15, 0.2) is 0 Å². The standard InChI is InChI=1S/C14H22N2O4/c1-2-11(14(19)20)16-9-8-15(12(17)13(16)18)10-6-4-3-5-7-10/h10-11H,2-9H2,1H3,(H,19,20). The summed E-state index contributed by atoms with van der Waals surface area (Å²) in [6.45, 7) is 2.49. The van der Waals surface area contributed by atoms with Crippen LogP contribution in [0.25, 0.3) is 0 Å². The molecular weight excluding hydrogens is 260 g/mol. The van der Waals surface area contributed by atoms with Crippen molar-refractivity contribution in [2.75, 3.05) is 13.1 Å². The molecular formula is C14H22N2O4. The van der Waals surface area contributed by atoms with E-state index >= 15 is 0 Å². The Balaban J connectivity index is 2.06. The number of piperazine rings is 1. The van der Waals surface area contributed by atoms with Crippen LogP contribution in [0.1, 0.15) is 45.4 Å². The second-order valence-corrected chi connectivity index (χ2v) is 5.55. The molecule has 1 saturated carbocycles. The number of carbonyl (C=O) groups is 3. The number of nitrogens with zero attached hydrogens (tertiary/aromatic N) is 2. The van der Waals surface area contributed by atoms with Gasteiger partial charge < -0.3 is 14.9 Å². The lowest BCUT2D eigenvalue weighted by Gasteiger charge is -2.41. The summed E-state index contributed by atoms with van der Waals surface area (Å²) >= 11 is 0. The maximum atomic E-state index is 12.2. The molecule has 112 valence electrons. The van der Waals surface area contributed by atoms with Crippen molar-refractivity contribution in [2.45, 2.75) is 57.5 Å². The van der Waals surface area contributed by atoms with Crippen molar-refractivity contribution in [3.8, 4) is 0 Å². The maximum Gasteiger partial charge on any atom is 0.326 e. The molecule has 0 aromatic carbocycles. The van der Waals surface area contributed by atoms with Crippen LogP contribution in [0, 0.1) is 0 Å². The average molecular weight is 282 g/mol. The van der Waals surface area contributed by atoms with Gasteiger partial charge in [0, 0.05) is 19.1 Å². The highest BCUT2D eigenvalue weighted by Gasteiger charge is 2.40. The maximum absolute atomic E-state index is 12.2. The Morgan fingerprint density at radius 2 is 1.85 bits per heavy atom. The lowest BCUT2D eigenvalue weighted by molar-refractivity contribution is -0.164. The largest absolute Gasteiger partial charge is 0.480 e. The number of aliphatic carboxylic acids is 1. The number of carboxylic acids is 1. The van der Waals surface area contributed by atoms with Crippen molar-refractivity contribution < 1.29 is 19.5 Å². The Labute approximate surface area is 118 Å². The van der Waals surface area contributed by atoms with Gasteiger partial charge >= 0.3 is 17.8 Å². The van der Waals surface area contributed by atoms with Crippen LogP contribution in [0.4, 0.5) is 0 Å². The topological polar surface area (TPSA) is 77.9 Å². The zero-order valence-electron chi connectivity index (χ0n) is 11.9. The van der Waals surface area contributed by atoms with Crippen LogP contribution in [-0.4, -0.2) is 57.9 Å². The Kier molecular flexibility index (Phi) is 4.62. The van der Waals surface area contributed by atoms with E-state index in [0.29, 0.717) is 19.5 Å². The normalized spacial score (nSPS) is 23.1. The molecule has 6 nitrogen and oxygen atoms in total. The van der Waals surface area contributed by atoms with Crippen LogP contribution in [0.3, 0.4) is 0 Å². The molecule has 1 N–H and O–H groups in total. The van der Waals surface area contributed by atoms with E-state index in [2.05, 4.69) is 0 Å². The van der Waals surface area contributed by atoms with Gasteiger partial charge in [0.1, 0.15) is 6.04 Å². The third-order valence-electron chi connectivity index (χ3n) is 4.35. The molecule has 0 aromatic rings. The molecule has 2 aliphatic rings. The highest BCUT2D eigenvalue weighted by molar-refractivity contribution is 6.35. The molecule has 1 unspecified atom stereocenters. The summed E-state index contributed by atoms with van der Waals surface area (Å²) in [6.07, 6.45) is 5.61. The first-order valence-electron chi connectivity index (χ1n) is 7.40. The molecule has 20 heavy (non-hydrogen) atoms. The summed E-state index contributed by atoms with van der Waals surface area (Å²) < 4.78 is 0. The molecule has 6 heteroatoms. The van der Waals surface area contributed by atoms with Gasteiger partial charge in [-0.1, -0.05) is 26.2 Å². The van der Waals surface area contributed by atoms with Crippen molar-refractivity contribution >= 4 is 17.8 Å². The summed E-state index contributed by atoms with van der Waals surface area (Å²) in [5, 5.41) is 9.13. The van der Waals surface area contributed by atoms with Gasteiger partial charge in [-0.3, -0.25) is 9.59 Å². The van der Waals surface area contributed by atoms with E-state index in [-0.39, 0.29) is 6.04 Å². The molecule has 0 radical (unpaired) electrons. The van der Waals surface area contributed by atoms with E-state index in [1.807, 2.05) is 0 Å². The Morgan fingerprint density at radius 3 is 2.40 bits per heavy atom. The van der Waals surface area contributed by atoms with E-state index < -0.39 is 23.8 Å². The second kappa shape index (κ2) is 6.24. The number of hydrogen-bond acceptors (Lipinski definition) is 3. The van der Waals surface area contributed by atoms with Crippen LogP contribution in [-0.2, 0) is 14.4 Å². The molecule has 0 aromatic heterocycles. The first-order chi connectivity index (χ1) is 9.56. The molecule has 0 spiro atoms. The minimum atomic E-state index is -1.04. The van der Waals surface area contributed by atoms with Gasteiger partial charge in [-0.15, -0.1) is 0 Å². The molecule has 1 heterocycles. The Hall–Kier alpha value is -1.59. The van der Waals surface area contributed by atoms with Crippen LogP contribution in [0.2, 0.25) is 0 Å². The molecule has 1 aliphatic heterocycles. The van der Waals surface area contributed by atoms with E-state index in [4.69, 9.17) is 5.11 Å². The third kappa shape index (κ3) is 2.78. The van der Waals surface area contributed by atoms with Crippen LogP contribution < -0.4 is 0 Å². The molecule has 2 rings (SSSR count). The minimum Gasteiger partial charge on any atom is -0.480 e. The van der Waals surface area contributed by atoms with Crippen molar-refractivity contribution in [3.63, 3.8) is 0 Å². The smallest absolute Gasteiger partial charge is 0.326 e. The number of hydrogen-bond donors (Lipinski definition) is 1. The molecule has 2 fully saturated rings. The summed E-state index contributed by atoms with van der Waals surface area (Å²) in [6, 6.07) is -0.729. The Bertz CT molecular complexity index is 404. The van der Waals surface area contributed by atoms with Gasteiger partial charge in [0.05, 0.1) is 0 Å². The van der Waals surface area contributed by atoms with E-state index in [0.717, 1.165) is 25.7 Å². The molecule has 0 bridgehead atoms. The van der Waals surface area contributed by atoms with Gasteiger partial charge in [0.2, 0.25) is 0 Å². The lowest BCUT2D eigenvalue weighted by Crippen LogP contribution is -2.61. The molecule has 2 amide bonds. The third-order valence-corrected chi connectivity index (χ3v) is 4.35. The molecule has 1 aliphatic carbocycles. The van der Waals surface area contributed by atoms with Crippen LogP contribution in [0.15, 0.2) is 0 Å². The summed E-state index contributed by atoms with van der Waals surface area (Å²) in [5.41, 5.74) is 0. The van der Waals surface area contributed by atoms with E-state index in [1.165, 1.54) is 11.3 Å². The molecule has 1 saturated heterocycles. The number of carbonyl (C=O) groups excluding carboxylic acids is 2. The van der Waals surface area contributed by atoms with E-state index in [1.54, 1.807) is 11.8 Å². The fraction of sp³-hybridized carbons (Fsp3) is 0.786. The SMILES string of the molecule is CCC(C(=O)O)N1CCN(C2CCCCC2)C(=O)C1=O. The number of rotatable bonds is 4. The predicted octanol–water partition coefficient (Wildman–Crippen LogP) is 0.853. The highest BCUT2D eigenvalue weighted by Crippen LogP contribution is 2.25. The predicted molar refractivity (Wildman–Crippen MR) is 72.0 cm³/mol. The monoisotopic (exact) mass is 282 g/mol. The minimum absolute atomic E-state index is 0.159. The first-order valence-corrected chi connectivity index (χ1v) is 7.40. The first kappa shape index (κ1) is 14.8. The highest BCUT2D eigenvalue weighted by atomic mass is 16.4. The van der Waals surface area contributed by atoms with Crippen molar-refractivity contribution in [2.24, 2.45) is 0 Å². The van der Waals surface area contributed by atoms with Gasteiger partial charge in [-0.2, -0.15) is 0 Å². The van der Waals surface area contributed by atoms with E-state index in [9.17, 15) is 14.4 Å². The van der Waals surface area contributed by atoms with Crippen molar-refractivity contribution in [3.05, 3.63) is 0 Å². The van der Waals surface area contributed by atoms with Gasteiger partial charge in [0.25, 0.3) is 0 Å². The zero-order chi connectivity index (χ0) is 14.7. The zero-order valence-corrected chi connectivity index (χ0v) is 11.9. The van der Waals surface area contributed by atoms with Gasteiger partial charge in [-0.05, 0) is 19.3 Å². The second-order valence-electron chi connectivity index (χ2n) is 5.55. The number of carboxylic acid groups (broad SMARTS) is 1. The lowest BCUT2D eigenvalue weighted by atomic mass is 9.93. The van der Waals surface area contributed by atoms with Crippen molar-refractivity contribution in [1.82, 2.24) is 9.80 Å².